The Kier molecular flexibility index (Phi) is 5.88. The van der Waals surface area contributed by atoms with Gasteiger partial charge in [-0.25, -0.2) is 14.3 Å². The zero-order chi connectivity index (χ0) is 22.0. The molecule has 1 fully saturated rings. The predicted molar refractivity (Wildman–Crippen MR) is 112 cm³/mol. The lowest BCUT2D eigenvalue weighted by atomic mass is 10.1. The molecule has 0 bridgehead atoms. The van der Waals surface area contributed by atoms with Crippen LogP contribution in [0.1, 0.15) is 12.0 Å². The van der Waals surface area contributed by atoms with Crippen molar-refractivity contribution >= 4 is 22.3 Å². The molecule has 2 aromatic carbocycles. The van der Waals surface area contributed by atoms with Gasteiger partial charge >= 0.3 is 0 Å². The summed E-state index contributed by atoms with van der Waals surface area (Å²) in [5.74, 6) is -1.28. The molecule has 0 radical (unpaired) electrons. The zero-order valence-electron chi connectivity index (χ0n) is 16.9. The number of nitrogens with two attached hydrogens (primary N) is 1. The molecule has 0 aliphatic carbocycles. The number of ether oxygens (including phenoxy) is 1. The van der Waals surface area contributed by atoms with E-state index in [9.17, 15) is 13.6 Å². The summed E-state index contributed by atoms with van der Waals surface area (Å²) in [6, 6.07) is 10.8. The van der Waals surface area contributed by atoms with Gasteiger partial charge in [0.05, 0.1) is 11.1 Å². The minimum absolute atomic E-state index is 0.0927. The fourth-order valence-electron chi connectivity index (χ4n) is 3.59. The molecule has 1 unspecified atom stereocenters. The number of fused-ring (bicyclic) bond motifs is 1. The number of pyridine rings is 1. The van der Waals surface area contributed by atoms with Gasteiger partial charge in [0.2, 0.25) is 0 Å². The second-order valence-electron chi connectivity index (χ2n) is 7.56. The van der Waals surface area contributed by atoms with Gasteiger partial charge in [0, 0.05) is 36.7 Å². The van der Waals surface area contributed by atoms with Gasteiger partial charge in [-0.05, 0) is 37.7 Å². The first-order chi connectivity index (χ1) is 14.9. The van der Waals surface area contributed by atoms with Crippen LogP contribution >= 0.6 is 0 Å². The van der Waals surface area contributed by atoms with Crippen molar-refractivity contribution in [1.29, 1.82) is 5.53 Å². The number of hydrogen-bond donors (Lipinski definition) is 3. The van der Waals surface area contributed by atoms with E-state index >= 15 is 0 Å². The molecule has 1 aliphatic rings. The number of rotatable bonds is 6. The lowest BCUT2D eigenvalue weighted by Crippen LogP contribution is -2.71. The normalized spacial score (nSPS) is 17.3. The summed E-state index contributed by atoms with van der Waals surface area (Å²) in [7, 11) is 2.07. The van der Waals surface area contributed by atoms with E-state index in [4.69, 9.17) is 10.3 Å². The third-order valence-electron chi connectivity index (χ3n) is 5.25. The summed E-state index contributed by atoms with van der Waals surface area (Å²) < 4.78 is 32.9. The Balaban J connectivity index is 1.52. The van der Waals surface area contributed by atoms with Crippen LogP contribution in [0.15, 0.2) is 58.6 Å². The molecular formula is C22H22F2N5O2+. The molecule has 9 heteroatoms. The summed E-state index contributed by atoms with van der Waals surface area (Å²) >= 11 is 0. The number of quaternary nitrogens is 1. The van der Waals surface area contributed by atoms with Gasteiger partial charge in [0.1, 0.15) is 23.7 Å². The van der Waals surface area contributed by atoms with Crippen molar-refractivity contribution in [3.63, 3.8) is 0 Å². The molecule has 4 rings (SSSR count). The first-order valence-corrected chi connectivity index (χ1v) is 9.83. The van der Waals surface area contributed by atoms with Crippen molar-refractivity contribution in [2.75, 3.05) is 20.1 Å². The third-order valence-corrected chi connectivity index (χ3v) is 5.25. The van der Waals surface area contributed by atoms with Crippen molar-refractivity contribution in [1.82, 2.24) is 9.88 Å². The summed E-state index contributed by atoms with van der Waals surface area (Å²) in [6.07, 6.45) is 2.72. The van der Waals surface area contributed by atoms with E-state index in [2.05, 4.69) is 22.0 Å². The van der Waals surface area contributed by atoms with E-state index in [1.165, 1.54) is 12.3 Å². The molecule has 1 saturated heterocycles. The van der Waals surface area contributed by atoms with Crippen LogP contribution in [0.2, 0.25) is 0 Å². The Labute approximate surface area is 176 Å². The molecule has 0 spiro atoms. The smallest absolute Gasteiger partial charge is 0.258 e. The van der Waals surface area contributed by atoms with E-state index in [-0.39, 0.29) is 22.9 Å². The molecule has 0 amide bonds. The molecule has 1 aromatic heterocycles. The SMILES string of the molecule is CN1CCC(Oc2ccc([NH2+]C=C(N=N)c3cc4cc(F)c(F)cc4[nH]c3=O)cc2)C1. The average molecular weight is 426 g/mol. The van der Waals surface area contributed by atoms with Crippen molar-refractivity contribution < 1.29 is 18.8 Å². The summed E-state index contributed by atoms with van der Waals surface area (Å²) in [5.41, 5.74) is 8.10. The zero-order valence-corrected chi connectivity index (χ0v) is 16.9. The molecule has 1 aliphatic heterocycles. The number of aromatic amines is 1. The molecule has 3 aromatic rings. The van der Waals surface area contributed by atoms with E-state index in [1.807, 2.05) is 24.3 Å². The fourth-order valence-corrected chi connectivity index (χ4v) is 3.59. The van der Waals surface area contributed by atoms with E-state index in [1.54, 1.807) is 5.32 Å². The number of nitrogens with zero attached hydrogens (tertiary/aromatic N) is 2. The quantitative estimate of drug-likeness (QED) is 0.417. The summed E-state index contributed by atoms with van der Waals surface area (Å²) in [6.45, 7) is 1.93. The van der Waals surface area contributed by atoms with Crippen LogP contribution in [0.25, 0.3) is 16.6 Å². The van der Waals surface area contributed by atoms with Crippen LogP contribution in [0.5, 0.6) is 5.75 Å². The molecule has 31 heavy (non-hydrogen) atoms. The van der Waals surface area contributed by atoms with Gasteiger partial charge in [0.25, 0.3) is 5.56 Å². The third kappa shape index (κ3) is 4.68. The molecule has 1 atom stereocenters. The lowest BCUT2D eigenvalue weighted by Gasteiger charge is -2.13. The maximum Gasteiger partial charge on any atom is 0.258 e. The maximum atomic E-state index is 13.6. The number of hydrogen-bond acceptors (Lipinski definition) is 5. The molecule has 0 saturated carbocycles. The van der Waals surface area contributed by atoms with E-state index < -0.39 is 17.2 Å². The first-order valence-electron chi connectivity index (χ1n) is 9.83. The Morgan fingerprint density at radius 3 is 2.68 bits per heavy atom. The van der Waals surface area contributed by atoms with Crippen LogP contribution in [0.3, 0.4) is 0 Å². The topological polar surface area (TPSA) is 98.1 Å². The number of benzene rings is 2. The fraction of sp³-hybridized carbons (Fsp3) is 0.227. The van der Waals surface area contributed by atoms with E-state index in [0.717, 1.165) is 43.1 Å². The van der Waals surface area contributed by atoms with Gasteiger partial charge in [-0.3, -0.25) is 10.1 Å². The molecule has 2 heterocycles. The monoisotopic (exact) mass is 426 g/mol. The summed E-state index contributed by atoms with van der Waals surface area (Å²) in [5, 5.41) is 5.46. The van der Waals surface area contributed by atoms with Crippen LogP contribution in [-0.4, -0.2) is 36.1 Å². The molecule has 7 nitrogen and oxygen atoms in total. The summed E-state index contributed by atoms with van der Waals surface area (Å²) in [4.78, 5) is 17.1. The molecule has 4 N–H and O–H groups in total. The van der Waals surface area contributed by atoms with Crippen LogP contribution < -0.4 is 15.6 Å². The molecule has 160 valence electrons. The van der Waals surface area contributed by atoms with Crippen LogP contribution in [0, 0.1) is 17.2 Å². The predicted octanol–water partition coefficient (Wildman–Crippen LogP) is 3.11. The van der Waals surface area contributed by atoms with Crippen molar-refractivity contribution in [3.8, 4) is 5.75 Å². The van der Waals surface area contributed by atoms with Crippen molar-refractivity contribution in [3.05, 3.63) is 76.2 Å². The Bertz CT molecular complexity index is 1210. The highest BCUT2D eigenvalue weighted by Gasteiger charge is 2.20. The lowest BCUT2D eigenvalue weighted by molar-refractivity contribution is -0.495. The van der Waals surface area contributed by atoms with Crippen molar-refractivity contribution in [2.24, 2.45) is 5.11 Å². The molecular weight excluding hydrogens is 404 g/mol. The second kappa shape index (κ2) is 8.75. The van der Waals surface area contributed by atoms with Crippen LogP contribution in [-0.2, 0) is 0 Å². The van der Waals surface area contributed by atoms with Gasteiger partial charge in [-0.1, -0.05) is 0 Å². The van der Waals surface area contributed by atoms with Gasteiger partial charge < -0.3 is 14.6 Å². The van der Waals surface area contributed by atoms with Gasteiger partial charge in [-0.2, -0.15) is 5.11 Å². The first kappa shape index (κ1) is 20.8. The number of likely N-dealkylation sites (tertiary alicyclic amines) is 1. The number of H-pyrrole nitrogens is 1. The number of nitrogens with one attached hydrogen (secondary N) is 2. The van der Waals surface area contributed by atoms with E-state index in [0.29, 0.717) is 5.39 Å². The maximum absolute atomic E-state index is 13.6. The Morgan fingerprint density at radius 2 is 2.00 bits per heavy atom. The minimum Gasteiger partial charge on any atom is -0.489 e. The minimum atomic E-state index is -1.04. The average Bonchev–Trinajstić information content (AvgIpc) is 3.16. The largest absolute Gasteiger partial charge is 0.489 e. The highest BCUT2D eigenvalue weighted by molar-refractivity contribution is 5.82. The highest BCUT2D eigenvalue weighted by atomic mass is 19.2. The number of likely N-dealkylation sites (N-methyl/N-ethyl adjacent to an activating group) is 1. The Hall–Kier alpha value is -3.43. The Morgan fingerprint density at radius 1 is 1.26 bits per heavy atom. The number of halogens is 2. The van der Waals surface area contributed by atoms with Crippen LogP contribution in [0.4, 0.5) is 14.5 Å². The highest BCUT2D eigenvalue weighted by Crippen LogP contribution is 2.21. The van der Waals surface area contributed by atoms with Crippen molar-refractivity contribution in [2.45, 2.75) is 12.5 Å². The van der Waals surface area contributed by atoms with Gasteiger partial charge in [0.15, 0.2) is 17.3 Å². The van der Waals surface area contributed by atoms with Gasteiger partial charge in [-0.15, -0.1) is 0 Å². The second-order valence-corrected chi connectivity index (χ2v) is 7.56. The standard InChI is InChI=1S/C22H21F2N5O2/c1-29-7-6-16(12-29)31-15-4-2-14(3-5-15)26-11-21(28-25)17-8-13-9-18(23)19(24)10-20(13)27-22(17)30/h2-5,8-11,16,25-26H,6-7,12H2,1H3,(H,27,30)/p+1. The number of aromatic nitrogens is 1.